The van der Waals surface area contributed by atoms with E-state index in [0.29, 0.717) is 0 Å². The summed E-state index contributed by atoms with van der Waals surface area (Å²) in [6.45, 7) is 0.746. The highest BCUT2D eigenvalue weighted by Crippen LogP contribution is 2.25. The van der Waals surface area contributed by atoms with Crippen LogP contribution < -0.4 is 5.32 Å². The van der Waals surface area contributed by atoms with E-state index in [9.17, 15) is 0 Å². The van der Waals surface area contributed by atoms with Crippen molar-refractivity contribution >= 4 is 28.6 Å². The molecule has 0 fully saturated rings. The molecular weight excluding hydrogens is 252 g/mol. The molecule has 2 nitrogen and oxygen atoms in total. The third-order valence-electron chi connectivity index (χ3n) is 3.07. The summed E-state index contributed by atoms with van der Waals surface area (Å²) in [5.74, 6) is 0. The zero-order valence-corrected chi connectivity index (χ0v) is 10.9. The third kappa shape index (κ3) is 2.45. The van der Waals surface area contributed by atoms with E-state index >= 15 is 0 Å². The second-order valence-electron chi connectivity index (χ2n) is 4.25. The van der Waals surface area contributed by atoms with E-state index < -0.39 is 0 Å². The van der Waals surface area contributed by atoms with Crippen LogP contribution in [0.15, 0.2) is 24.4 Å². The van der Waals surface area contributed by atoms with E-state index in [-0.39, 0.29) is 0 Å². The molecule has 3 rings (SSSR count). The lowest BCUT2D eigenvalue weighted by Crippen LogP contribution is -1.99. The molecule has 1 heterocycles. The Morgan fingerprint density at radius 2 is 2.18 bits per heavy atom. The molecule has 0 amide bonds. The molecule has 0 saturated carbocycles. The largest absolute Gasteiger partial charge is 0.379 e. The molecule has 0 aliphatic heterocycles. The van der Waals surface area contributed by atoms with Gasteiger partial charge in [0.25, 0.3) is 0 Å². The lowest BCUT2D eigenvalue weighted by molar-refractivity contribution is 0.912. The van der Waals surface area contributed by atoms with E-state index in [0.717, 1.165) is 15.9 Å². The van der Waals surface area contributed by atoms with Gasteiger partial charge in [-0.1, -0.05) is 17.7 Å². The predicted octanol–water partition coefficient (Wildman–Crippen LogP) is 3.90. The monoisotopic (exact) mass is 264 g/mol. The molecule has 1 aromatic carbocycles. The number of hydrogen-bond donors (Lipinski definition) is 1. The van der Waals surface area contributed by atoms with Crippen LogP contribution in [0.4, 0.5) is 5.69 Å². The summed E-state index contributed by atoms with van der Waals surface area (Å²) in [6, 6.07) is 6.65. The Hall–Kier alpha value is -1.06. The van der Waals surface area contributed by atoms with Crippen LogP contribution in [-0.2, 0) is 19.4 Å². The minimum absolute atomic E-state index is 0.746. The van der Waals surface area contributed by atoms with Crippen molar-refractivity contribution in [2.45, 2.75) is 25.8 Å². The van der Waals surface area contributed by atoms with Crippen molar-refractivity contribution in [1.29, 1.82) is 0 Å². The number of fused-ring (bicyclic) bond motifs is 1. The van der Waals surface area contributed by atoms with Gasteiger partial charge in [-0.2, -0.15) is 0 Å². The highest BCUT2D eigenvalue weighted by atomic mass is 35.5. The first kappa shape index (κ1) is 11.1. The molecule has 0 spiro atoms. The van der Waals surface area contributed by atoms with Gasteiger partial charge in [0.2, 0.25) is 0 Å². The van der Waals surface area contributed by atoms with Crippen molar-refractivity contribution < 1.29 is 0 Å². The zero-order valence-electron chi connectivity index (χ0n) is 9.37. The Balaban J connectivity index is 1.69. The molecule has 1 aliphatic carbocycles. The van der Waals surface area contributed by atoms with Crippen LogP contribution in [0.25, 0.3) is 0 Å². The summed E-state index contributed by atoms with van der Waals surface area (Å²) in [5, 5.41) is 4.42. The summed E-state index contributed by atoms with van der Waals surface area (Å²) in [6.07, 6.45) is 5.44. The minimum Gasteiger partial charge on any atom is -0.379 e. The number of aryl methyl sites for hydroxylation is 2. The number of rotatable bonds is 3. The summed E-state index contributed by atoms with van der Waals surface area (Å²) >= 11 is 7.37. The lowest BCUT2D eigenvalue weighted by Gasteiger charge is -2.06. The van der Waals surface area contributed by atoms with Crippen molar-refractivity contribution in [2.75, 3.05) is 5.32 Å². The average molecular weight is 265 g/mol. The van der Waals surface area contributed by atoms with Crippen molar-refractivity contribution in [3.63, 3.8) is 0 Å². The number of halogens is 1. The van der Waals surface area contributed by atoms with E-state index in [1.165, 1.54) is 47.4 Å². The average Bonchev–Trinajstić information content (AvgIpc) is 2.94. The van der Waals surface area contributed by atoms with Crippen LogP contribution in [0.2, 0.25) is 4.34 Å². The third-order valence-corrected chi connectivity index (χ3v) is 4.18. The van der Waals surface area contributed by atoms with Crippen LogP contribution in [0.5, 0.6) is 0 Å². The first-order valence-corrected chi connectivity index (χ1v) is 6.96. The van der Waals surface area contributed by atoms with E-state index in [4.69, 9.17) is 11.6 Å². The highest BCUT2D eigenvalue weighted by Gasteiger charge is 2.10. The number of anilines is 1. The summed E-state index contributed by atoms with van der Waals surface area (Å²) in [4.78, 5) is 4.23. The van der Waals surface area contributed by atoms with Crippen LogP contribution in [0, 0.1) is 0 Å². The van der Waals surface area contributed by atoms with E-state index in [1.807, 2.05) is 0 Å². The number of aromatic nitrogens is 1. The second-order valence-corrected chi connectivity index (χ2v) is 6.00. The highest BCUT2D eigenvalue weighted by molar-refractivity contribution is 7.15. The Labute approximate surface area is 110 Å². The maximum absolute atomic E-state index is 5.85. The topological polar surface area (TPSA) is 24.9 Å². The van der Waals surface area contributed by atoms with Crippen molar-refractivity contribution in [1.82, 2.24) is 4.98 Å². The lowest BCUT2D eigenvalue weighted by atomic mass is 10.1. The zero-order chi connectivity index (χ0) is 11.7. The fraction of sp³-hybridized carbons (Fsp3) is 0.308. The molecule has 2 aromatic rings. The number of nitrogens with zero attached hydrogens (tertiary/aromatic N) is 1. The Morgan fingerprint density at radius 1 is 1.29 bits per heavy atom. The number of thiazole rings is 1. The number of nitrogens with one attached hydrogen (secondary N) is 1. The van der Waals surface area contributed by atoms with Crippen LogP contribution in [0.3, 0.4) is 0 Å². The van der Waals surface area contributed by atoms with Crippen molar-refractivity contribution in [2.24, 2.45) is 0 Å². The second kappa shape index (κ2) is 4.67. The van der Waals surface area contributed by atoms with Gasteiger partial charge in [0.1, 0.15) is 9.34 Å². The molecule has 0 saturated heterocycles. The SMILES string of the molecule is Clc1cnc(CNc2ccc3c(c2)CCC3)s1. The normalized spacial score (nSPS) is 13.7. The van der Waals surface area contributed by atoms with Crippen molar-refractivity contribution in [3.05, 3.63) is 44.9 Å². The van der Waals surface area contributed by atoms with Crippen LogP contribution in [0.1, 0.15) is 22.6 Å². The number of benzene rings is 1. The van der Waals surface area contributed by atoms with E-state index in [1.54, 1.807) is 6.20 Å². The quantitative estimate of drug-likeness (QED) is 0.910. The molecule has 88 valence electrons. The maximum atomic E-state index is 5.85. The van der Waals surface area contributed by atoms with Crippen LogP contribution >= 0.6 is 22.9 Å². The van der Waals surface area contributed by atoms with Gasteiger partial charge in [0.15, 0.2) is 0 Å². The Kier molecular flexibility index (Phi) is 3.04. The fourth-order valence-corrected chi connectivity index (χ4v) is 3.13. The predicted molar refractivity (Wildman–Crippen MR) is 72.9 cm³/mol. The molecule has 0 radical (unpaired) electrons. The molecule has 1 aliphatic rings. The van der Waals surface area contributed by atoms with Gasteiger partial charge in [0.05, 0.1) is 12.7 Å². The van der Waals surface area contributed by atoms with Gasteiger partial charge < -0.3 is 5.32 Å². The Bertz CT molecular complexity index is 536. The standard InChI is InChI=1S/C13H13ClN2S/c14-12-7-16-13(17-12)8-15-11-5-4-9-2-1-3-10(9)6-11/h4-7,15H,1-3,8H2. The summed E-state index contributed by atoms with van der Waals surface area (Å²) in [5.41, 5.74) is 4.18. The van der Waals surface area contributed by atoms with Gasteiger partial charge in [-0.25, -0.2) is 4.98 Å². The minimum atomic E-state index is 0.746. The van der Waals surface area contributed by atoms with Crippen molar-refractivity contribution in [3.8, 4) is 0 Å². The van der Waals surface area contributed by atoms with Gasteiger partial charge in [-0.3, -0.25) is 0 Å². The van der Waals surface area contributed by atoms with Gasteiger partial charge in [-0.15, -0.1) is 11.3 Å². The first-order valence-electron chi connectivity index (χ1n) is 5.77. The fourth-order valence-electron chi connectivity index (χ4n) is 2.23. The molecule has 1 aromatic heterocycles. The van der Waals surface area contributed by atoms with E-state index in [2.05, 4.69) is 28.5 Å². The maximum Gasteiger partial charge on any atom is 0.113 e. The summed E-state index contributed by atoms with van der Waals surface area (Å²) in [7, 11) is 0. The molecule has 0 atom stereocenters. The molecule has 17 heavy (non-hydrogen) atoms. The first-order chi connectivity index (χ1) is 8.31. The molecule has 0 bridgehead atoms. The molecule has 4 heteroatoms. The Morgan fingerprint density at radius 3 is 3.00 bits per heavy atom. The molecular formula is C13H13ClN2S. The van der Waals surface area contributed by atoms with Gasteiger partial charge >= 0.3 is 0 Å². The number of hydrogen-bond acceptors (Lipinski definition) is 3. The van der Waals surface area contributed by atoms with Gasteiger partial charge in [-0.05, 0) is 42.5 Å². The molecule has 1 N–H and O–H groups in total. The summed E-state index contributed by atoms with van der Waals surface area (Å²) < 4.78 is 0.746. The van der Waals surface area contributed by atoms with Crippen LogP contribution in [-0.4, -0.2) is 4.98 Å². The smallest absolute Gasteiger partial charge is 0.113 e. The van der Waals surface area contributed by atoms with Gasteiger partial charge in [0, 0.05) is 5.69 Å². The molecule has 0 unspecified atom stereocenters.